The van der Waals surface area contributed by atoms with Crippen molar-refractivity contribution in [3.8, 4) is 5.75 Å². The predicted octanol–water partition coefficient (Wildman–Crippen LogP) is 2.89. The minimum absolute atomic E-state index is 0.187. The van der Waals surface area contributed by atoms with Crippen LogP contribution >= 0.6 is 0 Å². The van der Waals surface area contributed by atoms with Gasteiger partial charge in [-0.2, -0.15) is 0 Å². The van der Waals surface area contributed by atoms with Gasteiger partial charge in [0, 0.05) is 23.4 Å². The van der Waals surface area contributed by atoms with Crippen molar-refractivity contribution in [3.05, 3.63) is 63.7 Å². The summed E-state index contributed by atoms with van der Waals surface area (Å²) >= 11 is 0. The number of anilines is 2. The Morgan fingerprint density at radius 2 is 1.79 bits per heavy atom. The third-order valence-electron chi connectivity index (χ3n) is 6.77. The number of benzene rings is 2. The van der Waals surface area contributed by atoms with Crippen molar-refractivity contribution in [3.63, 3.8) is 0 Å². The van der Waals surface area contributed by atoms with Gasteiger partial charge in [0.05, 0.1) is 35.6 Å². The highest BCUT2D eigenvalue weighted by atomic mass is 16.6. The topological polar surface area (TPSA) is 110 Å². The summed E-state index contributed by atoms with van der Waals surface area (Å²) < 4.78 is 5.29. The quantitative estimate of drug-likeness (QED) is 0.403. The van der Waals surface area contributed by atoms with Crippen molar-refractivity contribution < 1.29 is 24.0 Å². The monoisotopic (exact) mass is 447 g/mol. The maximum atomic E-state index is 13.6. The summed E-state index contributed by atoms with van der Waals surface area (Å²) in [5.41, 5.74) is 2.14. The van der Waals surface area contributed by atoms with E-state index in [0.29, 0.717) is 11.3 Å². The van der Waals surface area contributed by atoms with Gasteiger partial charge in [0.15, 0.2) is 5.78 Å². The Morgan fingerprint density at radius 1 is 1.06 bits per heavy atom. The van der Waals surface area contributed by atoms with Crippen LogP contribution in [0, 0.1) is 28.9 Å². The molecular weight excluding hydrogens is 426 g/mol. The molecule has 4 atom stereocenters. The van der Waals surface area contributed by atoms with Gasteiger partial charge in [-0.3, -0.25) is 24.5 Å². The van der Waals surface area contributed by atoms with E-state index in [1.54, 1.807) is 20.1 Å². The Bertz CT molecular complexity index is 1270. The Morgan fingerprint density at radius 3 is 2.45 bits per heavy atom. The second-order valence-electron chi connectivity index (χ2n) is 8.53. The molecular formula is C24H21N3O6. The molecule has 0 saturated carbocycles. The number of ketones is 1. The van der Waals surface area contributed by atoms with Crippen LogP contribution in [0.3, 0.4) is 0 Å². The minimum atomic E-state index is -0.878. The van der Waals surface area contributed by atoms with Gasteiger partial charge in [-0.25, -0.2) is 4.90 Å². The number of nitrogens with zero attached hydrogens (tertiary/aromatic N) is 3. The number of ether oxygens (including phenoxy) is 1. The molecule has 3 aliphatic rings. The lowest BCUT2D eigenvalue weighted by molar-refractivity contribution is -0.384. The summed E-state index contributed by atoms with van der Waals surface area (Å²) in [5.74, 6) is -2.16. The molecule has 0 radical (unpaired) electrons. The van der Waals surface area contributed by atoms with E-state index in [9.17, 15) is 24.5 Å². The van der Waals surface area contributed by atoms with Crippen molar-refractivity contribution in [2.45, 2.75) is 25.9 Å². The molecule has 2 aromatic rings. The molecule has 3 heterocycles. The summed E-state index contributed by atoms with van der Waals surface area (Å²) in [6, 6.07) is 8.24. The van der Waals surface area contributed by atoms with E-state index in [-0.39, 0.29) is 17.2 Å². The largest absolute Gasteiger partial charge is 0.497 e. The van der Waals surface area contributed by atoms with Crippen LogP contribution in [0.2, 0.25) is 0 Å². The molecule has 0 aromatic heterocycles. The molecule has 0 aliphatic carbocycles. The maximum Gasteiger partial charge on any atom is 0.271 e. The number of imide groups is 1. The highest BCUT2D eigenvalue weighted by Crippen LogP contribution is 2.50. The summed E-state index contributed by atoms with van der Waals surface area (Å²) in [6.07, 6.45) is 3.72. The second kappa shape index (κ2) is 7.26. The zero-order chi connectivity index (χ0) is 23.6. The number of nitro benzene ring substituents is 1. The molecule has 2 amide bonds. The fraction of sp³-hybridized carbons (Fsp3) is 0.292. The number of methoxy groups -OCH3 is 1. The number of Topliss-reactive ketones (excluding diaryl/α,β-unsaturated/α-hetero) is 1. The van der Waals surface area contributed by atoms with Crippen LogP contribution < -0.4 is 14.5 Å². The molecule has 9 heteroatoms. The molecule has 5 rings (SSSR count). The minimum Gasteiger partial charge on any atom is -0.497 e. The van der Waals surface area contributed by atoms with E-state index >= 15 is 0 Å². The molecule has 0 spiro atoms. The first-order valence-electron chi connectivity index (χ1n) is 10.5. The summed E-state index contributed by atoms with van der Waals surface area (Å²) in [5, 5.41) is 11.3. The van der Waals surface area contributed by atoms with Gasteiger partial charge in [-0.15, -0.1) is 0 Å². The van der Waals surface area contributed by atoms with Gasteiger partial charge < -0.3 is 9.64 Å². The molecule has 168 valence electrons. The van der Waals surface area contributed by atoms with E-state index in [1.807, 2.05) is 29.2 Å². The fourth-order valence-electron chi connectivity index (χ4n) is 5.33. The summed E-state index contributed by atoms with van der Waals surface area (Å²) in [6.45, 7) is 3.11. The molecule has 9 nitrogen and oxygen atoms in total. The van der Waals surface area contributed by atoms with Gasteiger partial charge in [-0.05, 0) is 37.6 Å². The normalized spacial score (nSPS) is 25.1. The van der Waals surface area contributed by atoms with E-state index in [1.165, 1.54) is 25.1 Å². The van der Waals surface area contributed by atoms with Crippen LogP contribution in [0.15, 0.2) is 42.5 Å². The van der Waals surface area contributed by atoms with E-state index in [2.05, 4.69) is 0 Å². The van der Waals surface area contributed by atoms with Crippen LogP contribution in [0.4, 0.5) is 17.1 Å². The van der Waals surface area contributed by atoms with Gasteiger partial charge in [-0.1, -0.05) is 18.2 Å². The Kier molecular flexibility index (Phi) is 4.59. The van der Waals surface area contributed by atoms with Gasteiger partial charge in [0.25, 0.3) is 5.69 Å². The highest BCUT2D eigenvalue weighted by Gasteiger charge is 2.63. The predicted molar refractivity (Wildman–Crippen MR) is 120 cm³/mol. The Hall–Kier alpha value is -4.01. The first-order chi connectivity index (χ1) is 15.7. The van der Waals surface area contributed by atoms with Crippen molar-refractivity contribution in [2.75, 3.05) is 16.9 Å². The number of fused-ring (bicyclic) bond motifs is 5. The average molecular weight is 447 g/mol. The number of rotatable bonds is 4. The number of amides is 2. The van der Waals surface area contributed by atoms with Crippen LogP contribution in [0.5, 0.6) is 5.75 Å². The zero-order valence-corrected chi connectivity index (χ0v) is 18.2. The van der Waals surface area contributed by atoms with E-state index < -0.39 is 40.7 Å². The van der Waals surface area contributed by atoms with Crippen molar-refractivity contribution in [1.29, 1.82) is 0 Å². The van der Waals surface area contributed by atoms with Crippen molar-refractivity contribution in [1.82, 2.24) is 0 Å². The van der Waals surface area contributed by atoms with E-state index in [0.717, 1.165) is 16.2 Å². The molecule has 33 heavy (non-hydrogen) atoms. The Balaban J connectivity index is 1.61. The number of aryl methyl sites for hydroxylation is 1. The molecule has 0 unspecified atom stereocenters. The molecule has 3 aliphatic heterocycles. The van der Waals surface area contributed by atoms with Gasteiger partial charge in [0.1, 0.15) is 11.8 Å². The van der Waals surface area contributed by atoms with Crippen LogP contribution in [0.25, 0.3) is 6.08 Å². The first-order valence-corrected chi connectivity index (χ1v) is 10.5. The third kappa shape index (κ3) is 2.88. The molecule has 0 N–H and O–H groups in total. The number of hydrogen-bond donors (Lipinski definition) is 0. The standard InChI is InChI=1S/C24H21N3O6/c1-12-4-6-15(27(31)32)11-19(12)26-23(29)20-18-8-5-14-10-16(33-3)7-9-17(14)25(18)22(13(2)28)21(20)24(26)30/h4-11,18,20-22H,1-3H3/t18-,20+,21+,22+/m1/s1. The number of carbonyl (C=O) groups excluding carboxylic acids is 3. The summed E-state index contributed by atoms with van der Waals surface area (Å²) in [7, 11) is 1.57. The first kappa shape index (κ1) is 20.9. The van der Waals surface area contributed by atoms with Gasteiger partial charge >= 0.3 is 0 Å². The zero-order valence-electron chi connectivity index (χ0n) is 18.2. The van der Waals surface area contributed by atoms with Crippen molar-refractivity contribution in [2.24, 2.45) is 11.8 Å². The van der Waals surface area contributed by atoms with Crippen LogP contribution in [0.1, 0.15) is 18.1 Å². The Labute approximate surface area is 189 Å². The highest BCUT2D eigenvalue weighted by molar-refractivity contribution is 6.25. The third-order valence-corrected chi connectivity index (χ3v) is 6.77. The number of nitro groups is 1. The number of carbonyl (C=O) groups is 3. The lowest BCUT2D eigenvalue weighted by Crippen LogP contribution is -2.48. The van der Waals surface area contributed by atoms with Crippen molar-refractivity contribution >= 4 is 40.7 Å². The lowest BCUT2D eigenvalue weighted by Gasteiger charge is -2.36. The molecule has 0 bridgehead atoms. The maximum absolute atomic E-state index is 13.6. The van der Waals surface area contributed by atoms with Crippen LogP contribution in [-0.2, 0) is 14.4 Å². The summed E-state index contributed by atoms with van der Waals surface area (Å²) in [4.78, 5) is 53.6. The lowest BCUT2D eigenvalue weighted by atomic mass is 9.88. The second-order valence-corrected chi connectivity index (χ2v) is 8.53. The molecule has 2 saturated heterocycles. The average Bonchev–Trinajstić information content (AvgIpc) is 3.26. The number of non-ortho nitro benzene ring substituents is 1. The van der Waals surface area contributed by atoms with Crippen LogP contribution in [-0.4, -0.2) is 41.7 Å². The fourth-order valence-corrected chi connectivity index (χ4v) is 5.33. The molecule has 2 fully saturated rings. The smallest absolute Gasteiger partial charge is 0.271 e. The van der Waals surface area contributed by atoms with Gasteiger partial charge in [0.2, 0.25) is 11.8 Å². The molecule has 2 aromatic carbocycles. The number of hydrogen-bond acceptors (Lipinski definition) is 7. The van der Waals surface area contributed by atoms with E-state index in [4.69, 9.17) is 4.74 Å². The SMILES string of the molecule is COc1ccc2c(c1)C=C[C@@H]1[C@@H]3C(=O)N(c4cc([N+](=O)[O-])ccc4C)C(=O)[C@@H]3[C@H](C(C)=O)N21.